The van der Waals surface area contributed by atoms with Crippen LogP contribution in [0.5, 0.6) is 0 Å². The van der Waals surface area contributed by atoms with Crippen LogP contribution in [0, 0.1) is 5.82 Å². The Morgan fingerprint density at radius 1 is 1.23 bits per heavy atom. The lowest BCUT2D eigenvalue weighted by molar-refractivity contribution is -0.143. The van der Waals surface area contributed by atoms with Crippen molar-refractivity contribution < 1.29 is 22.3 Å². The summed E-state index contributed by atoms with van der Waals surface area (Å²) in [6.45, 7) is 5.12. The molecule has 6 nitrogen and oxygen atoms in total. The number of benzene rings is 1. The predicted molar refractivity (Wildman–Crippen MR) is 108 cm³/mol. The average molecular weight is 431 g/mol. The summed E-state index contributed by atoms with van der Waals surface area (Å²) < 4.78 is 57.6. The summed E-state index contributed by atoms with van der Waals surface area (Å²) in [7, 11) is 0. The Bertz CT molecular complexity index is 722. The number of rotatable bonds is 6. The van der Waals surface area contributed by atoms with Gasteiger partial charge in [0.25, 0.3) is 0 Å². The number of ether oxygens (including phenoxy) is 1. The highest BCUT2D eigenvalue weighted by Crippen LogP contribution is 2.22. The minimum atomic E-state index is -4.19. The van der Waals surface area contributed by atoms with E-state index in [-0.39, 0.29) is 18.4 Å². The van der Waals surface area contributed by atoms with Crippen LogP contribution in [0.3, 0.4) is 0 Å². The molecule has 2 saturated heterocycles. The van der Waals surface area contributed by atoms with Crippen molar-refractivity contribution in [2.75, 3.05) is 57.4 Å². The second-order valence-electron chi connectivity index (χ2n) is 7.56. The van der Waals surface area contributed by atoms with Crippen molar-refractivity contribution in [2.24, 2.45) is 4.99 Å². The Morgan fingerprint density at radius 3 is 2.67 bits per heavy atom. The van der Waals surface area contributed by atoms with Crippen molar-refractivity contribution in [3.8, 4) is 0 Å². The molecule has 0 aromatic heterocycles. The molecule has 1 atom stereocenters. The summed E-state index contributed by atoms with van der Waals surface area (Å²) in [5.74, 6) is 0.232. The van der Waals surface area contributed by atoms with Gasteiger partial charge >= 0.3 is 6.18 Å². The van der Waals surface area contributed by atoms with E-state index in [1.54, 1.807) is 6.07 Å². The van der Waals surface area contributed by atoms with Gasteiger partial charge in [-0.2, -0.15) is 13.2 Å². The largest absolute Gasteiger partial charge is 0.401 e. The number of guanidine groups is 1. The summed E-state index contributed by atoms with van der Waals surface area (Å²) in [6, 6.07) is 4.99. The molecule has 1 aromatic carbocycles. The summed E-state index contributed by atoms with van der Waals surface area (Å²) in [4.78, 5) is 7.84. The summed E-state index contributed by atoms with van der Waals surface area (Å²) in [6.07, 6.45) is -3.58. The zero-order valence-corrected chi connectivity index (χ0v) is 17.1. The number of likely N-dealkylation sites (tertiary alicyclic amines) is 1. The van der Waals surface area contributed by atoms with Crippen molar-refractivity contribution in [1.82, 2.24) is 15.5 Å². The standard InChI is InChI=1S/C20H29F4N5O/c1-2-25-19(27-16-5-6-28(13-16)14-20(22,23)24)26-12-15-3-4-18(17(21)11-15)29-7-9-30-10-8-29/h3-4,11,16H,2,5-10,12-14H2,1H3,(H2,25,26,27). The number of anilines is 1. The third-order valence-corrected chi connectivity index (χ3v) is 5.14. The van der Waals surface area contributed by atoms with E-state index >= 15 is 0 Å². The van der Waals surface area contributed by atoms with Crippen molar-refractivity contribution in [3.63, 3.8) is 0 Å². The number of hydrogen-bond acceptors (Lipinski definition) is 4. The van der Waals surface area contributed by atoms with Crippen LogP contribution in [0.4, 0.5) is 23.2 Å². The van der Waals surface area contributed by atoms with E-state index in [0.29, 0.717) is 64.0 Å². The van der Waals surface area contributed by atoms with Crippen LogP contribution in [-0.2, 0) is 11.3 Å². The maximum atomic E-state index is 14.6. The number of nitrogens with zero attached hydrogens (tertiary/aromatic N) is 3. The van der Waals surface area contributed by atoms with Crippen molar-refractivity contribution in [1.29, 1.82) is 0 Å². The molecule has 3 rings (SSSR count). The predicted octanol–water partition coefficient (Wildman–Crippen LogP) is 2.35. The van der Waals surface area contributed by atoms with E-state index in [4.69, 9.17) is 4.74 Å². The van der Waals surface area contributed by atoms with Gasteiger partial charge in [0.15, 0.2) is 5.96 Å². The molecule has 168 valence electrons. The highest BCUT2D eigenvalue weighted by atomic mass is 19.4. The molecular formula is C20H29F4N5O. The zero-order chi connectivity index (χ0) is 21.6. The van der Waals surface area contributed by atoms with E-state index in [1.807, 2.05) is 17.9 Å². The first-order valence-corrected chi connectivity index (χ1v) is 10.3. The fourth-order valence-corrected chi connectivity index (χ4v) is 3.74. The first-order valence-electron chi connectivity index (χ1n) is 10.3. The van der Waals surface area contributed by atoms with Gasteiger partial charge in [0, 0.05) is 38.8 Å². The van der Waals surface area contributed by atoms with E-state index in [9.17, 15) is 17.6 Å². The summed E-state index contributed by atoms with van der Waals surface area (Å²) in [5.41, 5.74) is 1.29. The lowest BCUT2D eigenvalue weighted by Crippen LogP contribution is -2.45. The minimum absolute atomic E-state index is 0.106. The smallest absolute Gasteiger partial charge is 0.378 e. The maximum Gasteiger partial charge on any atom is 0.401 e. The number of morpholine rings is 1. The number of aliphatic imine (C=N–C) groups is 1. The third-order valence-electron chi connectivity index (χ3n) is 5.14. The Labute approximate surface area is 174 Å². The molecule has 0 bridgehead atoms. The molecule has 30 heavy (non-hydrogen) atoms. The van der Waals surface area contributed by atoms with Crippen LogP contribution in [0.25, 0.3) is 0 Å². The SMILES string of the molecule is CCNC(=NCc1ccc(N2CCOCC2)c(F)c1)NC1CCN(CC(F)(F)F)C1. The first-order chi connectivity index (χ1) is 14.3. The molecule has 0 radical (unpaired) electrons. The number of alkyl halides is 3. The van der Waals surface area contributed by atoms with Crippen molar-refractivity contribution in [3.05, 3.63) is 29.6 Å². The molecule has 2 N–H and O–H groups in total. The molecule has 2 fully saturated rings. The molecular weight excluding hydrogens is 402 g/mol. The second-order valence-corrected chi connectivity index (χ2v) is 7.56. The van der Waals surface area contributed by atoms with Gasteiger partial charge in [-0.15, -0.1) is 0 Å². The van der Waals surface area contributed by atoms with Gasteiger partial charge in [0.05, 0.1) is 32.0 Å². The lowest BCUT2D eigenvalue weighted by Gasteiger charge is -2.29. The highest BCUT2D eigenvalue weighted by molar-refractivity contribution is 5.80. The molecule has 1 unspecified atom stereocenters. The third kappa shape index (κ3) is 6.73. The molecule has 2 heterocycles. The molecule has 2 aliphatic heterocycles. The second kappa shape index (κ2) is 10.3. The van der Waals surface area contributed by atoms with E-state index in [0.717, 1.165) is 5.56 Å². The Hall–Kier alpha value is -2.07. The molecule has 10 heteroatoms. The van der Waals surface area contributed by atoms with Gasteiger partial charge in [-0.25, -0.2) is 9.38 Å². The highest BCUT2D eigenvalue weighted by Gasteiger charge is 2.34. The lowest BCUT2D eigenvalue weighted by atomic mass is 10.1. The van der Waals surface area contributed by atoms with Crippen molar-refractivity contribution >= 4 is 11.6 Å². The Kier molecular flexibility index (Phi) is 7.76. The van der Waals surface area contributed by atoms with Gasteiger partial charge in [0.2, 0.25) is 0 Å². The van der Waals surface area contributed by atoms with Gasteiger partial charge < -0.3 is 20.3 Å². The Balaban J connectivity index is 1.57. The van der Waals surface area contributed by atoms with E-state index < -0.39 is 12.7 Å². The van der Waals surface area contributed by atoms with Crippen molar-refractivity contribution in [2.45, 2.75) is 32.1 Å². The molecule has 0 amide bonds. The summed E-state index contributed by atoms with van der Waals surface area (Å²) >= 11 is 0. The number of nitrogens with one attached hydrogen (secondary N) is 2. The monoisotopic (exact) mass is 431 g/mol. The maximum absolute atomic E-state index is 14.6. The first kappa shape index (κ1) is 22.6. The average Bonchev–Trinajstić information content (AvgIpc) is 3.12. The molecule has 2 aliphatic rings. The fraction of sp³-hybridized carbons (Fsp3) is 0.650. The number of hydrogen-bond donors (Lipinski definition) is 2. The van der Waals surface area contributed by atoms with Crippen LogP contribution < -0.4 is 15.5 Å². The molecule has 0 aliphatic carbocycles. The fourth-order valence-electron chi connectivity index (χ4n) is 3.74. The van der Waals surface area contributed by atoms with Gasteiger partial charge in [0.1, 0.15) is 5.82 Å². The Morgan fingerprint density at radius 2 is 2.00 bits per heavy atom. The number of halogens is 4. The molecule has 0 spiro atoms. The summed E-state index contributed by atoms with van der Waals surface area (Å²) in [5, 5.41) is 6.30. The van der Waals surface area contributed by atoms with Gasteiger partial charge in [-0.1, -0.05) is 6.07 Å². The van der Waals surface area contributed by atoms with Crippen LogP contribution in [0.1, 0.15) is 18.9 Å². The normalized spacial score (nSPS) is 21.2. The van der Waals surface area contributed by atoms with Crippen LogP contribution in [-0.4, -0.2) is 75.6 Å². The van der Waals surface area contributed by atoms with Gasteiger partial charge in [-0.3, -0.25) is 4.90 Å². The van der Waals surface area contributed by atoms with Crippen LogP contribution in [0.15, 0.2) is 23.2 Å². The topological polar surface area (TPSA) is 52.1 Å². The van der Waals surface area contributed by atoms with Crippen LogP contribution >= 0.6 is 0 Å². The van der Waals surface area contributed by atoms with E-state index in [2.05, 4.69) is 15.6 Å². The zero-order valence-electron chi connectivity index (χ0n) is 17.1. The van der Waals surface area contributed by atoms with Gasteiger partial charge in [-0.05, 0) is 31.0 Å². The minimum Gasteiger partial charge on any atom is -0.378 e. The van der Waals surface area contributed by atoms with Crippen LogP contribution in [0.2, 0.25) is 0 Å². The molecule has 1 aromatic rings. The molecule has 0 saturated carbocycles. The quantitative estimate of drug-likeness (QED) is 0.412. The van der Waals surface area contributed by atoms with E-state index in [1.165, 1.54) is 11.0 Å².